The summed E-state index contributed by atoms with van der Waals surface area (Å²) in [5.41, 5.74) is 3.32. The van der Waals surface area contributed by atoms with E-state index in [0.717, 1.165) is 11.1 Å². The van der Waals surface area contributed by atoms with Crippen molar-refractivity contribution in [2.45, 2.75) is 44.8 Å². The molecular formula is C21H23NO3. The van der Waals surface area contributed by atoms with Crippen LogP contribution in [0.15, 0.2) is 54.6 Å². The van der Waals surface area contributed by atoms with Gasteiger partial charge in [0, 0.05) is 24.8 Å². The monoisotopic (exact) mass is 337 g/mol. The highest BCUT2D eigenvalue weighted by Gasteiger charge is 2.33. The molecule has 0 aromatic heterocycles. The van der Waals surface area contributed by atoms with Crippen LogP contribution in [0.3, 0.4) is 0 Å². The number of ether oxygens (including phenoxy) is 1. The van der Waals surface area contributed by atoms with E-state index in [4.69, 9.17) is 4.74 Å². The predicted octanol–water partition coefficient (Wildman–Crippen LogP) is 3.49. The summed E-state index contributed by atoms with van der Waals surface area (Å²) >= 11 is 0. The van der Waals surface area contributed by atoms with Crippen LogP contribution in [0.25, 0.3) is 0 Å². The van der Waals surface area contributed by atoms with Crippen LogP contribution in [0, 0.1) is 6.92 Å². The summed E-state index contributed by atoms with van der Waals surface area (Å²) in [6, 6.07) is 17.9. The highest BCUT2D eigenvalue weighted by atomic mass is 16.5. The summed E-state index contributed by atoms with van der Waals surface area (Å²) in [5.74, 6) is -0.0593. The van der Waals surface area contributed by atoms with Crippen LogP contribution in [0.2, 0.25) is 0 Å². The Labute approximate surface area is 148 Å². The van der Waals surface area contributed by atoms with Gasteiger partial charge in [-0.25, -0.2) is 0 Å². The summed E-state index contributed by atoms with van der Waals surface area (Å²) in [5, 5.41) is 3.00. The summed E-state index contributed by atoms with van der Waals surface area (Å²) in [7, 11) is 0. The van der Waals surface area contributed by atoms with E-state index >= 15 is 0 Å². The van der Waals surface area contributed by atoms with Gasteiger partial charge in [0.15, 0.2) is 0 Å². The zero-order chi connectivity index (χ0) is 17.6. The number of carbonyl (C=O) groups is 2. The van der Waals surface area contributed by atoms with E-state index in [9.17, 15) is 9.59 Å². The standard InChI is InChI=1S/C21H23NO3/c1-15-7-9-17(10-8-15)18-13-20(23)22-19(18)11-12-21(24)25-14-16-5-3-2-4-6-16/h2-10,18-19H,11-14H2,1H3,(H,22,23). The summed E-state index contributed by atoms with van der Waals surface area (Å²) in [4.78, 5) is 23.8. The second-order valence-electron chi connectivity index (χ2n) is 6.58. The Morgan fingerprint density at radius 3 is 2.56 bits per heavy atom. The first kappa shape index (κ1) is 17.2. The van der Waals surface area contributed by atoms with Gasteiger partial charge in [0.2, 0.25) is 5.91 Å². The molecule has 1 N–H and O–H groups in total. The van der Waals surface area contributed by atoms with Crippen molar-refractivity contribution in [2.75, 3.05) is 0 Å². The van der Waals surface area contributed by atoms with Crippen LogP contribution in [0.5, 0.6) is 0 Å². The SMILES string of the molecule is Cc1ccc(C2CC(=O)NC2CCC(=O)OCc2ccccc2)cc1. The topological polar surface area (TPSA) is 55.4 Å². The molecule has 1 aliphatic rings. The van der Waals surface area contributed by atoms with Crippen molar-refractivity contribution in [1.82, 2.24) is 5.32 Å². The number of rotatable bonds is 6. The van der Waals surface area contributed by atoms with Gasteiger partial charge in [0.05, 0.1) is 0 Å². The molecule has 1 fully saturated rings. The summed E-state index contributed by atoms with van der Waals surface area (Å²) in [6.07, 6.45) is 1.38. The molecule has 2 aromatic rings. The van der Waals surface area contributed by atoms with E-state index in [1.165, 1.54) is 5.56 Å². The molecule has 1 heterocycles. The third-order valence-electron chi connectivity index (χ3n) is 4.65. The number of aryl methyl sites for hydroxylation is 1. The zero-order valence-corrected chi connectivity index (χ0v) is 14.4. The number of esters is 1. The van der Waals surface area contributed by atoms with Crippen LogP contribution in [0.4, 0.5) is 0 Å². The Balaban J connectivity index is 1.53. The second kappa shape index (κ2) is 7.97. The van der Waals surface area contributed by atoms with Crippen LogP contribution >= 0.6 is 0 Å². The molecule has 2 aromatic carbocycles. The van der Waals surface area contributed by atoms with Gasteiger partial charge in [-0.3, -0.25) is 9.59 Å². The molecule has 1 aliphatic heterocycles. The van der Waals surface area contributed by atoms with Gasteiger partial charge >= 0.3 is 5.97 Å². The van der Waals surface area contributed by atoms with Crippen molar-refractivity contribution in [3.05, 3.63) is 71.3 Å². The lowest BCUT2D eigenvalue weighted by Gasteiger charge is -2.19. The fourth-order valence-corrected chi connectivity index (χ4v) is 3.23. The van der Waals surface area contributed by atoms with Gasteiger partial charge in [0.1, 0.15) is 6.61 Å². The van der Waals surface area contributed by atoms with E-state index in [0.29, 0.717) is 19.3 Å². The quantitative estimate of drug-likeness (QED) is 0.821. The maximum absolute atomic E-state index is 12.0. The second-order valence-corrected chi connectivity index (χ2v) is 6.58. The maximum atomic E-state index is 12.0. The third kappa shape index (κ3) is 4.69. The molecule has 4 nitrogen and oxygen atoms in total. The van der Waals surface area contributed by atoms with Crippen LogP contribution in [-0.4, -0.2) is 17.9 Å². The highest BCUT2D eigenvalue weighted by molar-refractivity contribution is 5.80. The summed E-state index contributed by atoms with van der Waals surface area (Å²) in [6.45, 7) is 2.33. The van der Waals surface area contributed by atoms with E-state index in [1.807, 2.05) is 37.3 Å². The minimum absolute atomic E-state index is 0.0144. The largest absolute Gasteiger partial charge is 0.461 e. The van der Waals surface area contributed by atoms with Gasteiger partial charge in [-0.1, -0.05) is 60.2 Å². The Morgan fingerprint density at radius 1 is 1.12 bits per heavy atom. The normalized spacial score (nSPS) is 19.5. The fraction of sp³-hybridized carbons (Fsp3) is 0.333. The molecule has 0 radical (unpaired) electrons. The van der Waals surface area contributed by atoms with E-state index < -0.39 is 0 Å². The molecule has 0 aliphatic carbocycles. The molecular weight excluding hydrogens is 314 g/mol. The first-order valence-corrected chi connectivity index (χ1v) is 8.67. The lowest BCUT2D eigenvalue weighted by molar-refractivity contribution is -0.145. The lowest BCUT2D eigenvalue weighted by Crippen LogP contribution is -2.29. The van der Waals surface area contributed by atoms with Gasteiger partial charge < -0.3 is 10.1 Å². The van der Waals surface area contributed by atoms with E-state index in [2.05, 4.69) is 29.6 Å². The summed E-state index contributed by atoms with van der Waals surface area (Å²) < 4.78 is 5.32. The smallest absolute Gasteiger partial charge is 0.306 e. The molecule has 1 amide bonds. The van der Waals surface area contributed by atoms with Crippen LogP contribution < -0.4 is 5.32 Å². The number of hydrogen-bond acceptors (Lipinski definition) is 3. The minimum atomic E-state index is -0.229. The van der Waals surface area contributed by atoms with Crippen molar-refractivity contribution in [3.63, 3.8) is 0 Å². The van der Waals surface area contributed by atoms with Gasteiger partial charge in [0.25, 0.3) is 0 Å². The number of amides is 1. The third-order valence-corrected chi connectivity index (χ3v) is 4.65. The molecule has 0 bridgehead atoms. The number of benzene rings is 2. The highest BCUT2D eigenvalue weighted by Crippen LogP contribution is 2.31. The van der Waals surface area contributed by atoms with Crippen molar-refractivity contribution in [2.24, 2.45) is 0 Å². The molecule has 0 saturated carbocycles. The molecule has 1 saturated heterocycles. The van der Waals surface area contributed by atoms with E-state index in [-0.39, 0.29) is 30.4 Å². The molecule has 4 heteroatoms. The van der Waals surface area contributed by atoms with Gasteiger partial charge in [-0.15, -0.1) is 0 Å². The van der Waals surface area contributed by atoms with Crippen LogP contribution in [-0.2, 0) is 20.9 Å². The molecule has 25 heavy (non-hydrogen) atoms. The van der Waals surface area contributed by atoms with Crippen molar-refractivity contribution >= 4 is 11.9 Å². The van der Waals surface area contributed by atoms with Crippen molar-refractivity contribution in [1.29, 1.82) is 0 Å². The Bertz CT molecular complexity index is 725. The first-order chi connectivity index (χ1) is 12.1. The maximum Gasteiger partial charge on any atom is 0.306 e. The van der Waals surface area contributed by atoms with Crippen molar-refractivity contribution < 1.29 is 14.3 Å². The Hall–Kier alpha value is -2.62. The average molecular weight is 337 g/mol. The van der Waals surface area contributed by atoms with Gasteiger partial charge in [-0.2, -0.15) is 0 Å². The average Bonchev–Trinajstić information content (AvgIpc) is 3.00. The Kier molecular flexibility index (Phi) is 5.49. The number of carbonyl (C=O) groups excluding carboxylic acids is 2. The minimum Gasteiger partial charge on any atom is -0.461 e. The van der Waals surface area contributed by atoms with Crippen LogP contribution in [0.1, 0.15) is 41.9 Å². The molecule has 0 spiro atoms. The molecule has 2 atom stereocenters. The Morgan fingerprint density at radius 2 is 1.84 bits per heavy atom. The fourth-order valence-electron chi connectivity index (χ4n) is 3.23. The zero-order valence-electron chi connectivity index (χ0n) is 14.4. The van der Waals surface area contributed by atoms with Gasteiger partial charge in [-0.05, 0) is 24.5 Å². The number of nitrogens with one attached hydrogen (secondary N) is 1. The lowest BCUT2D eigenvalue weighted by atomic mass is 9.89. The molecule has 130 valence electrons. The molecule has 2 unspecified atom stereocenters. The van der Waals surface area contributed by atoms with E-state index in [1.54, 1.807) is 0 Å². The first-order valence-electron chi connectivity index (χ1n) is 8.67. The molecule has 3 rings (SSSR count). The van der Waals surface area contributed by atoms with Crippen molar-refractivity contribution in [3.8, 4) is 0 Å². The number of hydrogen-bond donors (Lipinski definition) is 1. The predicted molar refractivity (Wildman–Crippen MR) is 95.9 cm³/mol.